The largest absolute Gasteiger partial charge is 0.346 e. The van der Waals surface area contributed by atoms with Crippen molar-refractivity contribution in [3.63, 3.8) is 0 Å². The lowest BCUT2D eigenvalue weighted by Crippen LogP contribution is -2.44. The maximum Gasteiger partial charge on any atom is 0.315 e. The standard InChI is InChI=1S/C21H25N5O/c27-21(25-11-13-1-2-13)26-15-5-3-14(4-6-15)16-7-9-22-18-12-24-20-17(19(16)18)8-10-23-20/h7-10,12-15H,1-6,11H2,(H,23,24)(H2,25,26,27). The zero-order valence-corrected chi connectivity index (χ0v) is 15.4. The predicted octanol–water partition coefficient (Wildman–Crippen LogP) is 3.85. The summed E-state index contributed by atoms with van der Waals surface area (Å²) in [7, 11) is 0. The highest BCUT2D eigenvalue weighted by Gasteiger charge is 2.26. The van der Waals surface area contributed by atoms with Gasteiger partial charge >= 0.3 is 6.03 Å². The lowest BCUT2D eigenvalue weighted by molar-refractivity contribution is 0.231. The second-order valence-corrected chi connectivity index (χ2v) is 8.00. The van der Waals surface area contributed by atoms with Gasteiger partial charge in [-0.1, -0.05) is 0 Å². The molecule has 0 aromatic carbocycles. The Kier molecular flexibility index (Phi) is 4.19. The van der Waals surface area contributed by atoms with E-state index in [4.69, 9.17) is 0 Å². The number of hydrogen-bond acceptors (Lipinski definition) is 3. The van der Waals surface area contributed by atoms with Crippen LogP contribution in [0, 0.1) is 5.92 Å². The van der Waals surface area contributed by atoms with Gasteiger partial charge in [-0.15, -0.1) is 0 Å². The number of urea groups is 1. The Bertz CT molecular complexity index is 969. The fraction of sp³-hybridized carbons (Fsp3) is 0.476. The lowest BCUT2D eigenvalue weighted by Gasteiger charge is -2.30. The maximum absolute atomic E-state index is 12.0. The first-order chi connectivity index (χ1) is 13.3. The lowest BCUT2D eigenvalue weighted by atomic mass is 9.80. The smallest absolute Gasteiger partial charge is 0.315 e. The molecule has 0 aliphatic heterocycles. The van der Waals surface area contributed by atoms with Crippen LogP contribution < -0.4 is 10.6 Å². The monoisotopic (exact) mass is 363 g/mol. The van der Waals surface area contributed by atoms with Gasteiger partial charge in [0.15, 0.2) is 0 Å². The minimum Gasteiger partial charge on any atom is -0.346 e. The third-order valence-electron chi connectivity index (χ3n) is 6.07. The first-order valence-electron chi connectivity index (χ1n) is 10.0. The number of nitrogens with zero attached hydrogens (tertiary/aromatic N) is 2. The van der Waals surface area contributed by atoms with Gasteiger partial charge in [0.2, 0.25) is 0 Å². The number of carbonyl (C=O) groups excluding carboxylic acids is 1. The minimum absolute atomic E-state index is 0.000170. The Hall–Kier alpha value is -2.63. The van der Waals surface area contributed by atoms with Crippen molar-refractivity contribution in [2.24, 2.45) is 5.92 Å². The van der Waals surface area contributed by atoms with Crippen molar-refractivity contribution < 1.29 is 4.79 Å². The predicted molar refractivity (Wildman–Crippen MR) is 106 cm³/mol. The van der Waals surface area contributed by atoms with Crippen LogP contribution in [-0.2, 0) is 0 Å². The summed E-state index contributed by atoms with van der Waals surface area (Å²) in [5, 5.41) is 8.54. The quantitative estimate of drug-likeness (QED) is 0.658. The number of pyridine rings is 2. The third-order valence-corrected chi connectivity index (χ3v) is 6.07. The summed E-state index contributed by atoms with van der Waals surface area (Å²) in [6.07, 6.45) is 12.4. The van der Waals surface area contributed by atoms with Crippen LogP contribution in [0.5, 0.6) is 0 Å². The molecule has 0 bridgehead atoms. The molecular weight excluding hydrogens is 338 g/mol. The summed E-state index contributed by atoms with van der Waals surface area (Å²) in [5.74, 6) is 1.22. The van der Waals surface area contributed by atoms with Crippen molar-refractivity contribution in [2.45, 2.75) is 50.5 Å². The Morgan fingerprint density at radius 2 is 1.96 bits per heavy atom. The Balaban J connectivity index is 1.29. The SMILES string of the molecule is O=C(NCC1CC1)NC1CCC(c2ccnc3cnc4[nH]ccc4c23)CC1. The van der Waals surface area contributed by atoms with Gasteiger partial charge in [-0.2, -0.15) is 0 Å². The zero-order chi connectivity index (χ0) is 18.2. The van der Waals surface area contributed by atoms with Crippen LogP contribution in [0.3, 0.4) is 0 Å². The maximum atomic E-state index is 12.0. The van der Waals surface area contributed by atoms with Gasteiger partial charge in [-0.25, -0.2) is 9.78 Å². The highest BCUT2D eigenvalue weighted by Crippen LogP contribution is 2.38. The van der Waals surface area contributed by atoms with E-state index >= 15 is 0 Å². The topological polar surface area (TPSA) is 82.7 Å². The van der Waals surface area contributed by atoms with E-state index in [0.29, 0.717) is 11.8 Å². The van der Waals surface area contributed by atoms with E-state index in [1.54, 1.807) is 0 Å². The van der Waals surface area contributed by atoms with Crippen molar-refractivity contribution in [3.8, 4) is 0 Å². The first kappa shape index (κ1) is 16.5. The average molecular weight is 363 g/mol. The molecule has 0 atom stereocenters. The van der Waals surface area contributed by atoms with Crippen molar-refractivity contribution in [3.05, 3.63) is 36.3 Å². The van der Waals surface area contributed by atoms with E-state index in [1.807, 2.05) is 18.6 Å². The van der Waals surface area contributed by atoms with Crippen LogP contribution in [-0.4, -0.2) is 33.6 Å². The molecule has 0 unspecified atom stereocenters. The van der Waals surface area contributed by atoms with E-state index in [2.05, 4.69) is 37.7 Å². The van der Waals surface area contributed by atoms with Crippen molar-refractivity contribution in [1.29, 1.82) is 0 Å². The Morgan fingerprint density at radius 3 is 2.78 bits per heavy atom. The van der Waals surface area contributed by atoms with Crippen molar-refractivity contribution in [1.82, 2.24) is 25.6 Å². The van der Waals surface area contributed by atoms with E-state index in [1.165, 1.54) is 23.8 Å². The van der Waals surface area contributed by atoms with Gasteiger partial charge in [-0.05, 0) is 68.1 Å². The van der Waals surface area contributed by atoms with Crippen LogP contribution in [0.15, 0.2) is 30.7 Å². The molecule has 0 radical (unpaired) electrons. The molecule has 2 amide bonds. The van der Waals surface area contributed by atoms with Crippen molar-refractivity contribution >= 4 is 28.0 Å². The summed E-state index contributed by atoms with van der Waals surface area (Å²) in [6.45, 7) is 0.824. The molecule has 2 fully saturated rings. The van der Waals surface area contributed by atoms with E-state index in [-0.39, 0.29) is 12.1 Å². The van der Waals surface area contributed by atoms with Gasteiger partial charge in [0.25, 0.3) is 0 Å². The molecule has 2 aliphatic rings. The summed E-state index contributed by atoms with van der Waals surface area (Å²) < 4.78 is 0. The van der Waals surface area contributed by atoms with E-state index < -0.39 is 0 Å². The number of hydrogen-bond donors (Lipinski definition) is 3. The number of amides is 2. The summed E-state index contributed by atoms with van der Waals surface area (Å²) in [6, 6.07) is 4.53. The van der Waals surface area contributed by atoms with E-state index in [9.17, 15) is 4.79 Å². The average Bonchev–Trinajstić information content (AvgIpc) is 3.40. The van der Waals surface area contributed by atoms with Gasteiger partial charge in [-0.3, -0.25) is 4.98 Å². The first-order valence-corrected chi connectivity index (χ1v) is 10.0. The van der Waals surface area contributed by atoms with Crippen LogP contribution in [0.4, 0.5) is 4.79 Å². The zero-order valence-electron chi connectivity index (χ0n) is 15.4. The molecule has 3 aromatic heterocycles. The van der Waals surface area contributed by atoms with Gasteiger partial charge in [0.1, 0.15) is 5.65 Å². The number of carbonyl (C=O) groups is 1. The molecule has 3 heterocycles. The van der Waals surface area contributed by atoms with Crippen LogP contribution in [0.25, 0.3) is 21.9 Å². The molecule has 2 aliphatic carbocycles. The van der Waals surface area contributed by atoms with Crippen molar-refractivity contribution in [2.75, 3.05) is 6.54 Å². The number of fused-ring (bicyclic) bond motifs is 3. The minimum atomic E-state index is -0.000170. The van der Waals surface area contributed by atoms with E-state index in [0.717, 1.165) is 48.8 Å². The van der Waals surface area contributed by atoms with Crippen LogP contribution in [0.2, 0.25) is 0 Å². The molecule has 6 nitrogen and oxygen atoms in total. The number of nitrogens with one attached hydrogen (secondary N) is 3. The molecular formula is C21H25N5O. The molecule has 6 heteroatoms. The Morgan fingerprint density at radius 1 is 1.11 bits per heavy atom. The van der Waals surface area contributed by atoms with Crippen LogP contribution >= 0.6 is 0 Å². The molecule has 0 spiro atoms. The summed E-state index contributed by atoms with van der Waals surface area (Å²) in [5.41, 5.74) is 3.24. The van der Waals surface area contributed by atoms with Crippen LogP contribution in [0.1, 0.15) is 50.0 Å². The summed E-state index contributed by atoms with van der Waals surface area (Å²) in [4.78, 5) is 24.2. The number of aromatic amines is 1. The molecule has 140 valence electrons. The second-order valence-electron chi connectivity index (χ2n) is 8.00. The number of rotatable bonds is 4. The normalized spacial score (nSPS) is 22.8. The molecule has 0 saturated heterocycles. The fourth-order valence-corrected chi connectivity index (χ4v) is 4.36. The molecule has 27 heavy (non-hydrogen) atoms. The van der Waals surface area contributed by atoms with Gasteiger partial charge in [0, 0.05) is 35.8 Å². The number of H-pyrrole nitrogens is 1. The molecule has 2 saturated carbocycles. The second kappa shape index (κ2) is 6.83. The molecule has 3 N–H and O–H groups in total. The fourth-order valence-electron chi connectivity index (χ4n) is 4.36. The Labute approximate surface area is 158 Å². The number of aromatic nitrogens is 3. The highest BCUT2D eigenvalue weighted by molar-refractivity contribution is 6.05. The molecule has 5 rings (SSSR count). The van der Waals surface area contributed by atoms with Gasteiger partial charge in [0.05, 0.1) is 11.7 Å². The molecule has 3 aromatic rings. The third kappa shape index (κ3) is 3.36. The summed E-state index contributed by atoms with van der Waals surface area (Å²) >= 11 is 0. The van der Waals surface area contributed by atoms with Gasteiger partial charge < -0.3 is 15.6 Å². The highest BCUT2D eigenvalue weighted by atomic mass is 16.2.